The Kier molecular flexibility index (Phi) is 5.43. The van der Waals surface area contributed by atoms with E-state index < -0.39 is 0 Å². The summed E-state index contributed by atoms with van der Waals surface area (Å²) in [4.78, 5) is 28.9. The van der Waals surface area contributed by atoms with Crippen LogP contribution in [0.3, 0.4) is 0 Å². The second-order valence-corrected chi connectivity index (χ2v) is 6.61. The maximum Gasteiger partial charge on any atom is 0.266 e. The molecule has 1 amide bonds. The number of halogens is 1. The molecule has 1 fully saturated rings. The van der Waals surface area contributed by atoms with Gasteiger partial charge in [0.2, 0.25) is 0 Å². The highest BCUT2D eigenvalue weighted by atomic mass is 35.5. The quantitative estimate of drug-likeness (QED) is 0.905. The smallest absolute Gasteiger partial charge is 0.266 e. The fourth-order valence-electron chi connectivity index (χ4n) is 3.27. The lowest BCUT2D eigenvalue weighted by Crippen LogP contribution is -2.35. The predicted octanol–water partition coefficient (Wildman–Crippen LogP) is 3.79. The fourth-order valence-corrected chi connectivity index (χ4v) is 3.44. The Hall–Kier alpha value is -2.27. The standard InChI is InChI=1S/C19H21ClN2O3/c1-25-15-8-6-13(7-9-15)17-5-3-2-4-10-22(17)19(24)14-11-16(20)18(23)21-12-14/h6-9,11-12,17H,2-5,10H2,1H3,(H,21,23). The number of pyridine rings is 1. The molecule has 0 bridgehead atoms. The zero-order chi connectivity index (χ0) is 17.8. The van der Waals surface area contributed by atoms with Gasteiger partial charge in [-0.15, -0.1) is 0 Å². The van der Waals surface area contributed by atoms with Gasteiger partial charge in [-0.05, 0) is 36.6 Å². The molecule has 0 spiro atoms. The third kappa shape index (κ3) is 3.87. The molecule has 1 saturated heterocycles. The maximum absolute atomic E-state index is 13.0. The van der Waals surface area contributed by atoms with Gasteiger partial charge in [-0.3, -0.25) is 9.59 Å². The van der Waals surface area contributed by atoms with Gasteiger partial charge < -0.3 is 14.6 Å². The number of hydrogen-bond donors (Lipinski definition) is 1. The molecule has 1 unspecified atom stereocenters. The molecular weight excluding hydrogens is 340 g/mol. The number of methoxy groups -OCH3 is 1. The number of aromatic nitrogens is 1. The number of nitrogens with one attached hydrogen (secondary N) is 1. The van der Waals surface area contributed by atoms with Crippen LogP contribution in [0.4, 0.5) is 0 Å². The molecule has 1 aromatic heterocycles. The number of H-pyrrole nitrogens is 1. The Labute approximate surface area is 151 Å². The third-order valence-corrected chi connectivity index (χ3v) is 4.90. The van der Waals surface area contributed by atoms with Crippen LogP contribution < -0.4 is 10.3 Å². The first-order valence-electron chi connectivity index (χ1n) is 8.43. The first-order chi connectivity index (χ1) is 12.1. The molecule has 5 nitrogen and oxygen atoms in total. The second-order valence-electron chi connectivity index (χ2n) is 6.20. The van der Waals surface area contributed by atoms with E-state index in [1.54, 1.807) is 7.11 Å². The summed E-state index contributed by atoms with van der Waals surface area (Å²) in [5.74, 6) is 0.684. The third-order valence-electron chi connectivity index (χ3n) is 4.62. The number of carbonyl (C=O) groups excluding carboxylic acids is 1. The van der Waals surface area contributed by atoms with Crippen molar-refractivity contribution >= 4 is 17.5 Å². The monoisotopic (exact) mass is 360 g/mol. The molecule has 0 aliphatic carbocycles. The van der Waals surface area contributed by atoms with Gasteiger partial charge in [0.25, 0.3) is 11.5 Å². The summed E-state index contributed by atoms with van der Waals surface area (Å²) in [5, 5.41) is 0.0293. The van der Waals surface area contributed by atoms with Crippen molar-refractivity contribution in [1.29, 1.82) is 0 Å². The minimum atomic E-state index is -0.388. The average molecular weight is 361 g/mol. The van der Waals surface area contributed by atoms with Gasteiger partial charge in [-0.25, -0.2) is 0 Å². The van der Waals surface area contributed by atoms with Gasteiger partial charge in [0, 0.05) is 12.7 Å². The Balaban J connectivity index is 1.92. The van der Waals surface area contributed by atoms with Crippen molar-refractivity contribution in [3.8, 4) is 5.75 Å². The molecule has 3 rings (SSSR count). The Bertz CT molecular complexity index is 801. The van der Waals surface area contributed by atoms with E-state index in [9.17, 15) is 9.59 Å². The van der Waals surface area contributed by atoms with E-state index in [2.05, 4.69) is 4.98 Å². The number of rotatable bonds is 3. The highest BCUT2D eigenvalue weighted by Gasteiger charge is 2.28. The molecule has 132 valence electrons. The van der Waals surface area contributed by atoms with Crippen LogP contribution >= 0.6 is 11.6 Å². The van der Waals surface area contributed by atoms with Gasteiger partial charge in [0.05, 0.1) is 18.7 Å². The molecule has 1 atom stereocenters. The second kappa shape index (κ2) is 7.74. The number of hydrogen-bond acceptors (Lipinski definition) is 3. The summed E-state index contributed by atoms with van der Waals surface area (Å²) in [7, 11) is 1.64. The maximum atomic E-state index is 13.0. The molecule has 6 heteroatoms. The van der Waals surface area contributed by atoms with Gasteiger partial charge in [-0.2, -0.15) is 0 Å². The summed E-state index contributed by atoms with van der Waals surface area (Å²) in [5.41, 5.74) is 1.11. The van der Waals surface area contributed by atoms with E-state index >= 15 is 0 Å². The van der Waals surface area contributed by atoms with Crippen molar-refractivity contribution in [2.75, 3.05) is 13.7 Å². The number of aromatic amines is 1. The van der Waals surface area contributed by atoms with E-state index in [4.69, 9.17) is 16.3 Å². The first-order valence-corrected chi connectivity index (χ1v) is 8.81. The molecule has 2 aromatic rings. The summed E-state index contributed by atoms with van der Waals surface area (Å²) < 4.78 is 5.22. The molecular formula is C19H21ClN2O3. The van der Waals surface area contributed by atoms with E-state index in [1.807, 2.05) is 29.2 Å². The Morgan fingerprint density at radius 1 is 1.24 bits per heavy atom. The van der Waals surface area contributed by atoms with Gasteiger partial charge >= 0.3 is 0 Å². The van der Waals surface area contributed by atoms with Crippen LogP contribution in [-0.4, -0.2) is 29.4 Å². The van der Waals surface area contributed by atoms with Crippen molar-refractivity contribution in [1.82, 2.24) is 9.88 Å². The largest absolute Gasteiger partial charge is 0.497 e. The Morgan fingerprint density at radius 3 is 2.68 bits per heavy atom. The van der Waals surface area contributed by atoms with Crippen LogP contribution in [-0.2, 0) is 0 Å². The van der Waals surface area contributed by atoms with Crippen LogP contribution in [0.2, 0.25) is 5.02 Å². The zero-order valence-corrected chi connectivity index (χ0v) is 14.9. The molecule has 1 aliphatic heterocycles. The highest BCUT2D eigenvalue weighted by Crippen LogP contribution is 2.32. The van der Waals surface area contributed by atoms with E-state index in [0.29, 0.717) is 12.1 Å². The van der Waals surface area contributed by atoms with Crippen molar-refractivity contribution in [3.63, 3.8) is 0 Å². The topological polar surface area (TPSA) is 62.4 Å². The molecule has 0 saturated carbocycles. The minimum absolute atomic E-state index is 0.00612. The number of amides is 1. The van der Waals surface area contributed by atoms with E-state index in [-0.39, 0.29) is 22.5 Å². The first kappa shape index (κ1) is 17.5. The van der Waals surface area contributed by atoms with Gasteiger partial charge in [0.1, 0.15) is 10.8 Å². The van der Waals surface area contributed by atoms with E-state index in [0.717, 1.165) is 37.0 Å². The summed E-state index contributed by atoms with van der Waals surface area (Å²) >= 11 is 5.89. The van der Waals surface area contributed by atoms with Crippen LogP contribution in [0.5, 0.6) is 5.75 Å². The SMILES string of the molecule is COc1ccc(C2CCCCCN2C(=O)c2c[nH]c(=O)c(Cl)c2)cc1. The number of benzene rings is 1. The van der Waals surface area contributed by atoms with Crippen molar-refractivity contribution in [3.05, 3.63) is 63.0 Å². The predicted molar refractivity (Wildman–Crippen MR) is 97.3 cm³/mol. The molecule has 0 radical (unpaired) electrons. The minimum Gasteiger partial charge on any atom is -0.497 e. The number of likely N-dealkylation sites (tertiary alicyclic amines) is 1. The molecule has 1 aliphatic rings. The highest BCUT2D eigenvalue weighted by molar-refractivity contribution is 6.30. The number of nitrogens with zero attached hydrogens (tertiary/aromatic N) is 1. The number of carbonyl (C=O) groups is 1. The van der Waals surface area contributed by atoms with E-state index in [1.165, 1.54) is 12.3 Å². The molecule has 1 aromatic carbocycles. The van der Waals surface area contributed by atoms with Crippen LogP contribution in [0.25, 0.3) is 0 Å². The summed E-state index contributed by atoms with van der Waals surface area (Å²) in [6, 6.07) is 9.30. The fraction of sp³-hybridized carbons (Fsp3) is 0.368. The Morgan fingerprint density at radius 2 is 2.00 bits per heavy atom. The van der Waals surface area contributed by atoms with Crippen LogP contribution in [0, 0.1) is 0 Å². The van der Waals surface area contributed by atoms with Crippen molar-refractivity contribution < 1.29 is 9.53 Å². The zero-order valence-electron chi connectivity index (χ0n) is 14.1. The van der Waals surface area contributed by atoms with Gasteiger partial charge in [0.15, 0.2) is 0 Å². The van der Waals surface area contributed by atoms with Crippen LogP contribution in [0.1, 0.15) is 47.6 Å². The molecule has 2 heterocycles. The van der Waals surface area contributed by atoms with Crippen molar-refractivity contribution in [2.24, 2.45) is 0 Å². The lowest BCUT2D eigenvalue weighted by molar-refractivity contribution is 0.0680. The lowest BCUT2D eigenvalue weighted by Gasteiger charge is -2.30. The summed E-state index contributed by atoms with van der Waals surface area (Å²) in [6.45, 7) is 0.687. The molecule has 25 heavy (non-hydrogen) atoms. The summed E-state index contributed by atoms with van der Waals surface area (Å²) in [6.07, 6.45) is 5.49. The average Bonchev–Trinajstić information content (AvgIpc) is 2.89. The van der Waals surface area contributed by atoms with Gasteiger partial charge in [-0.1, -0.05) is 36.6 Å². The normalized spacial score (nSPS) is 17.8. The van der Waals surface area contributed by atoms with Crippen LogP contribution in [0.15, 0.2) is 41.3 Å². The van der Waals surface area contributed by atoms with Crippen molar-refractivity contribution in [2.45, 2.75) is 31.7 Å². The lowest BCUT2D eigenvalue weighted by atomic mass is 10.00. The number of ether oxygens (including phenoxy) is 1. The molecule has 1 N–H and O–H groups in total.